The van der Waals surface area contributed by atoms with Crippen LogP contribution >= 0.6 is 0 Å². The first-order chi connectivity index (χ1) is 7.77. The summed E-state index contributed by atoms with van der Waals surface area (Å²) in [5, 5.41) is 3.98. The number of hydrazone groups is 1. The van der Waals surface area contributed by atoms with Crippen molar-refractivity contribution in [2.24, 2.45) is 11.0 Å². The van der Waals surface area contributed by atoms with E-state index in [0.717, 1.165) is 12.8 Å². The normalized spacial score (nSPS) is 17.3. The van der Waals surface area contributed by atoms with Crippen LogP contribution in [0, 0.1) is 5.92 Å². The topological polar surface area (TPSA) is 41.5 Å². The molecule has 3 nitrogen and oxygen atoms in total. The summed E-state index contributed by atoms with van der Waals surface area (Å²) in [6.45, 7) is 2.06. The van der Waals surface area contributed by atoms with Crippen molar-refractivity contribution in [3.63, 3.8) is 0 Å². The molecule has 1 N–H and O–H groups in total. The number of nitrogens with zero attached hydrogens (tertiary/aromatic N) is 1. The van der Waals surface area contributed by atoms with Crippen LogP contribution in [0.2, 0.25) is 0 Å². The molecule has 0 radical (unpaired) electrons. The van der Waals surface area contributed by atoms with Crippen molar-refractivity contribution < 1.29 is 4.79 Å². The van der Waals surface area contributed by atoms with E-state index in [1.165, 1.54) is 5.56 Å². The average Bonchev–Trinajstić information content (AvgIpc) is 3.14. The van der Waals surface area contributed by atoms with Crippen molar-refractivity contribution in [3.05, 3.63) is 35.9 Å². The molecule has 0 bridgehead atoms. The number of hydrogen-bond acceptors (Lipinski definition) is 2. The molecule has 0 aromatic heterocycles. The zero-order valence-electron chi connectivity index (χ0n) is 9.39. The summed E-state index contributed by atoms with van der Waals surface area (Å²) in [7, 11) is 0. The SMILES string of the molecule is CC(C=NNC(=O)C1CC1)c1ccccc1. The van der Waals surface area contributed by atoms with Gasteiger partial charge in [0.05, 0.1) is 0 Å². The Morgan fingerprint density at radius 3 is 2.75 bits per heavy atom. The van der Waals surface area contributed by atoms with E-state index in [2.05, 4.69) is 29.6 Å². The van der Waals surface area contributed by atoms with Gasteiger partial charge in [-0.2, -0.15) is 5.10 Å². The number of carbonyl (C=O) groups excluding carboxylic acids is 1. The number of carbonyl (C=O) groups is 1. The Labute approximate surface area is 95.6 Å². The van der Waals surface area contributed by atoms with Crippen molar-refractivity contribution in [2.75, 3.05) is 0 Å². The molecule has 1 atom stereocenters. The lowest BCUT2D eigenvalue weighted by Crippen LogP contribution is -2.19. The van der Waals surface area contributed by atoms with Crippen LogP contribution in [0.5, 0.6) is 0 Å². The Morgan fingerprint density at radius 2 is 2.12 bits per heavy atom. The quantitative estimate of drug-likeness (QED) is 0.609. The maximum atomic E-state index is 11.3. The Balaban J connectivity index is 1.84. The molecule has 2 rings (SSSR count). The molecule has 1 fully saturated rings. The molecule has 0 aliphatic heterocycles. The highest BCUT2D eigenvalue weighted by atomic mass is 16.2. The van der Waals surface area contributed by atoms with E-state index in [1.807, 2.05) is 18.2 Å². The fourth-order valence-electron chi connectivity index (χ4n) is 1.49. The molecule has 16 heavy (non-hydrogen) atoms. The average molecular weight is 216 g/mol. The summed E-state index contributed by atoms with van der Waals surface area (Å²) >= 11 is 0. The third-order valence-electron chi connectivity index (χ3n) is 2.75. The Bertz CT molecular complexity index is 382. The molecule has 0 heterocycles. The second kappa shape index (κ2) is 4.92. The lowest BCUT2D eigenvalue weighted by molar-refractivity contribution is -0.122. The summed E-state index contributed by atoms with van der Waals surface area (Å²) in [4.78, 5) is 11.3. The van der Waals surface area contributed by atoms with Crippen LogP contribution in [-0.2, 0) is 4.79 Å². The first kappa shape index (κ1) is 10.9. The van der Waals surface area contributed by atoms with Crippen molar-refractivity contribution >= 4 is 12.1 Å². The van der Waals surface area contributed by atoms with Gasteiger partial charge in [-0.25, -0.2) is 5.43 Å². The minimum Gasteiger partial charge on any atom is -0.273 e. The van der Waals surface area contributed by atoms with Gasteiger partial charge in [-0.3, -0.25) is 4.79 Å². The molecule has 0 saturated heterocycles. The van der Waals surface area contributed by atoms with Crippen LogP contribution in [0.4, 0.5) is 0 Å². The molecular weight excluding hydrogens is 200 g/mol. The molecule has 1 aliphatic carbocycles. The molecule has 84 valence electrons. The first-order valence-corrected chi connectivity index (χ1v) is 5.65. The van der Waals surface area contributed by atoms with Crippen molar-refractivity contribution in [1.82, 2.24) is 5.43 Å². The Morgan fingerprint density at radius 1 is 1.44 bits per heavy atom. The molecule has 1 aromatic rings. The molecule has 1 aliphatic rings. The highest BCUT2D eigenvalue weighted by Crippen LogP contribution is 2.28. The summed E-state index contributed by atoms with van der Waals surface area (Å²) < 4.78 is 0. The van der Waals surface area contributed by atoms with E-state index in [1.54, 1.807) is 6.21 Å². The molecule has 0 spiro atoms. The smallest absolute Gasteiger partial charge is 0.243 e. The van der Waals surface area contributed by atoms with E-state index < -0.39 is 0 Å². The van der Waals surface area contributed by atoms with Crippen LogP contribution in [0.3, 0.4) is 0 Å². The Kier molecular flexibility index (Phi) is 3.34. The monoisotopic (exact) mass is 216 g/mol. The van der Waals surface area contributed by atoms with Crippen LogP contribution in [0.15, 0.2) is 35.4 Å². The summed E-state index contributed by atoms with van der Waals surface area (Å²) in [5.41, 5.74) is 3.78. The number of hydrogen-bond donors (Lipinski definition) is 1. The molecular formula is C13H16N2O. The van der Waals surface area contributed by atoms with Crippen molar-refractivity contribution in [3.8, 4) is 0 Å². The second-order valence-corrected chi connectivity index (χ2v) is 4.23. The summed E-state index contributed by atoms with van der Waals surface area (Å²) in [6, 6.07) is 10.1. The maximum absolute atomic E-state index is 11.3. The van der Waals surface area contributed by atoms with Gasteiger partial charge in [0.15, 0.2) is 0 Å². The van der Waals surface area contributed by atoms with Crippen LogP contribution in [0.1, 0.15) is 31.2 Å². The highest BCUT2D eigenvalue weighted by molar-refractivity contribution is 5.81. The van der Waals surface area contributed by atoms with E-state index in [-0.39, 0.29) is 17.7 Å². The second-order valence-electron chi connectivity index (χ2n) is 4.23. The maximum Gasteiger partial charge on any atom is 0.243 e. The number of amides is 1. The zero-order chi connectivity index (χ0) is 11.4. The van der Waals surface area contributed by atoms with E-state index >= 15 is 0 Å². The molecule has 1 unspecified atom stereocenters. The minimum absolute atomic E-state index is 0.0523. The number of rotatable bonds is 4. The van der Waals surface area contributed by atoms with Gasteiger partial charge < -0.3 is 0 Å². The predicted molar refractivity (Wildman–Crippen MR) is 64.2 cm³/mol. The fourth-order valence-corrected chi connectivity index (χ4v) is 1.49. The van der Waals surface area contributed by atoms with Gasteiger partial charge in [-0.1, -0.05) is 37.3 Å². The first-order valence-electron chi connectivity index (χ1n) is 5.65. The third kappa shape index (κ3) is 2.92. The molecule has 1 aromatic carbocycles. The number of nitrogens with one attached hydrogen (secondary N) is 1. The highest BCUT2D eigenvalue weighted by Gasteiger charge is 2.29. The molecule has 1 saturated carbocycles. The number of benzene rings is 1. The molecule has 3 heteroatoms. The van der Waals surface area contributed by atoms with Crippen LogP contribution in [0.25, 0.3) is 0 Å². The van der Waals surface area contributed by atoms with Gasteiger partial charge in [0.1, 0.15) is 0 Å². The van der Waals surface area contributed by atoms with Gasteiger partial charge in [0.2, 0.25) is 5.91 Å². The van der Waals surface area contributed by atoms with Crippen molar-refractivity contribution in [1.29, 1.82) is 0 Å². The largest absolute Gasteiger partial charge is 0.273 e. The summed E-state index contributed by atoms with van der Waals surface area (Å²) in [5.74, 6) is 0.487. The van der Waals surface area contributed by atoms with Gasteiger partial charge >= 0.3 is 0 Å². The predicted octanol–water partition coefficient (Wildman–Crippen LogP) is 2.30. The molecule has 1 amide bonds. The Hall–Kier alpha value is -1.64. The van der Waals surface area contributed by atoms with Gasteiger partial charge in [-0.05, 0) is 18.4 Å². The van der Waals surface area contributed by atoms with E-state index in [9.17, 15) is 4.79 Å². The third-order valence-corrected chi connectivity index (χ3v) is 2.75. The van der Waals surface area contributed by atoms with Crippen molar-refractivity contribution in [2.45, 2.75) is 25.7 Å². The van der Waals surface area contributed by atoms with Crippen LogP contribution < -0.4 is 5.43 Å². The standard InChI is InChI=1S/C13H16N2O/c1-10(11-5-3-2-4-6-11)9-14-15-13(16)12-7-8-12/h2-6,9-10,12H,7-8H2,1H3,(H,15,16). The van der Waals surface area contributed by atoms with E-state index in [4.69, 9.17) is 0 Å². The van der Waals surface area contributed by atoms with Gasteiger partial charge in [-0.15, -0.1) is 0 Å². The lowest BCUT2D eigenvalue weighted by Gasteiger charge is -2.05. The minimum atomic E-state index is 0.0523. The lowest BCUT2D eigenvalue weighted by atomic mass is 10.0. The van der Waals surface area contributed by atoms with Gasteiger partial charge in [0, 0.05) is 18.1 Å². The zero-order valence-corrected chi connectivity index (χ0v) is 9.39. The van der Waals surface area contributed by atoms with Gasteiger partial charge in [0.25, 0.3) is 0 Å². The summed E-state index contributed by atoms with van der Waals surface area (Å²) in [6.07, 6.45) is 3.79. The fraction of sp³-hybridized carbons (Fsp3) is 0.385. The van der Waals surface area contributed by atoms with Crippen LogP contribution in [-0.4, -0.2) is 12.1 Å². The van der Waals surface area contributed by atoms with E-state index in [0.29, 0.717) is 0 Å².